The number of aromatic nitrogens is 6. The molecule has 0 amide bonds. The van der Waals surface area contributed by atoms with E-state index in [-0.39, 0.29) is 30.1 Å². The van der Waals surface area contributed by atoms with Crippen molar-refractivity contribution in [3.63, 3.8) is 0 Å². The number of halogens is 1. The number of H-pyrrole nitrogens is 1. The number of hydrogen-bond donors (Lipinski definition) is 1. The highest BCUT2D eigenvalue weighted by molar-refractivity contribution is 6.30. The molecule has 5 rings (SSSR count). The highest BCUT2D eigenvalue weighted by atomic mass is 35.5. The first-order valence-electron chi connectivity index (χ1n) is 9.33. The molecule has 0 saturated carbocycles. The van der Waals surface area contributed by atoms with Crippen LogP contribution in [-0.4, -0.2) is 35.8 Å². The Morgan fingerprint density at radius 3 is 2.87 bits per heavy atom. The van der Waals surface area contributed by atoms with Gasteiger partial charge in [-0.3, -0.25) is 9.78 Å². The van der Waals surface area contributed by atoms with Gasteiger partial charge in [-0.05, 0) is 24.1 Å². The summed E-state index contributed by atoms with van der Waals surface area (Å²) in [6, 6.07) is 7.53. The minimum atomic E-state index is -0.585. The van der Waals surface area contributed by atoms with Crippen molar-refractivity contribution in [2.45, 2.75) is 25.0 Å². The summed E-state index contributed by atoms with van der Waals surface area (Å²) in [5.74, 6) is 0.624. The van der Waals surface area contributed by atoms with Crippen molar-refractivity contribution in [3.8, 4) is 0 Å². The van der Waals surface area contributed by atoms with E-state index in [0.29, 0.717) is 29.4 Å². The van der Waals surface area contributed by atoms with Gasteiger partial charge in [0.25, 0.3) is 5.56 Å². The zero-order chi connectivity index (χ0) is 20.8. The molecule has 0 aliphatic carbocycles. The summed E-state index contributed by atoms with van der Waals surface area (Å²) >= 11 is 5.94. The Labute approximate surface area is 174 Å². The Morgan fingerprint density at radius 2 is 2.07 bits per heavy atom. The highest BCUT2D eigenvalue weighted by Gasteiger charge is 2.31. The maximum Gasteiger partial charge on any atom is 0.330 e. The number of benzene rings is 1. The largest absolute Gasteiger partial charge is 0.373 e. The summed E-state index contributed by atoms with van der Waals surface area (Å²) in [6.45, 7) is 0.324. The molecular weight excluding hydrogens is 412 g/mol. The Bertz CT molecular complexity index is 1340. The summed E-state index contributed by atoms with van der Waals surface area (Å²) in [4.78, 5) is 36.0. The van der Waals surface area contributed by atoms with E-state index in [0.717, 1.165) is 10.1 Å². The lowest BCUT2D eigenvalue weighted by atomic mass is 10.0. The molecule has 1 aliphatic rings. The lowest BCUT2D eigenvalue weighted by Gasteiger charge is -2.09. The van der Waals surface area contributed by atoms with Gasteiger partial charge in [-0.1, -0.05) is 28.9 Å². The molecule has 154 valence electrons. The Kier molecular flexibility index (Phi) is 4.52. The molecule has 3 aromatic heterocycles. The Hall–Kier alpha value is -3.24. The molecule has 30 heavy (non-hydrogen) atoms. The van der Waals surface area contributed by atoms with Crippen molar-refractivity contribution < 1.29 is 9.26 Å². The van der Waals surface area contributed by atoms with Gasteiger partial charge in [0.1, 0.15) is 6.54 Å². The quantitative estimate of drug-likeness (QED) is 0.525. The molecule has 1 saturated heterocycles. The van der Waals surface area contributed by atoms with E-state index in [1.54, 1.807) is 11.6 Å². The van der Waals surface area contributed by atoms with Gasteiger partial charge in [-0.2, -0.15) is 4.98 Å². The number of nitrogens with zero attached hydrogens (tertiary/aromatic N) is 5. The van der Waals surface area contributed by atoms with Crippen LogP contribution in [0.25, 0.3) is 11.2 Å². The van der Waals surface area contributed by atoms with E-state index >= 15 is 0 Å². The smallest absolute Gasteiger partial charge is 0.330 e. The molecule has 1 aromatic carbocycles. The second-order valence-corrected chi connectivity index (χ2v) is 7.66. The van der Waals surface area contributed by atoms with Crippen LogP contribution >= 0.6 is 11.6 Å². The van der Waals surface area contributed by atoms with Gasteiger partial charge in [0.2, 0.25) is 5.89 Å². The number of aromatic amines is 1. The monoisotopic (exact) mass is 428 g/mol. The fourth-order valence-corrected chi connectivity index (χ4v) is 3.78. The van der Waals surface area contributed by atoms with Gasteiger partial charge >= 0.3 is 5.69 Å². The normalized spacial score (nSPS) is 19.0. The molecule has 2 unspecified atom stereocenters. The fourth-order valence-electron chi connectivity index (χ4n) is 3.66. The number of ether oxygens (including phenoxy) is 1. The van der Waals surface area contributed by atoms with E-state index in [1.165, 1.54) is 6.33 Å². The van der Waals surface area contributed by atoms with Gasteiger partial charge in [0, 0.05) is 18.0 Å². The van der Waals surface area contributed by atoms with Gasteiger partial charge in [-0.15, -0.1) is 0 Å². The van der Waals surface area contributed by atoms with Crippen molar-refractivity contribution in [2.75, 3.05) is 6.61 Å². The molecule has 4 heterocycles. The van der Waals surface area contributed by atoms with Gasteiger partial charge in [-0.25, -0.2) is 14.3 Å². The third-order valence-corrected chi connectivity index (χ3v) is 5.49. The van der Waals surface area contributed by atoms with Crippen LogP contribution in [0.4, 0.5) is 0 Å². The number of imidazole rings is 1. The number of nitrogens with one attached hydrogen (secondary N) is 1. The zero-order valence-corrected chi connectivity index (χ0v) is 16.7. The van der Waals surface area contributed by atoms with Crippen molar-refractivity contribution >= 4 is 22.8 Å². The number of fused-ring (bicyclic) bond motifs is 1. The van der Waals surface area contributed by atoms with Gasteiger partial charge < -0.3 is 13.8 Å². The maximum absolute atomic E-state index is 12.7. The third kappa shape index (κ3) is 3.23. The fraction of sp³-hybridized carbons (Fsp3) is 0.316. The van der Waals surface area contributed by atoms with E-state index in [1.807, 2.05) is 24.3 Å². The number of aryl methyl sites for hydroxylation is 1. The molecule has 10 nitrogen and oxygen atoms in total. The molecule has 0 bridgehead atoms. The summed E-state index contributed by atoms with van der Waals surface area (Å²) in [5, 5.41) is 4.71. The van der Waals surface area contributed by atoms with Crippen molar-refractivity contribution in [3.05, 3.63) is 73.7 Å². The first kappa shape index (κ1) is 18.8. The van der Waals surface area contributed by atoms with E-state index in [2.05, 4.69) is 20.1 Å². The van der Waals surface area contributed by atoms with Crippen LogP contribution in [0.1, 0.15) is 35.7 Å². The molecule has 0 spiro atoms. The predicted molar refractivity (Wildman–Crippen MR) is 106 cm³/mol. The average Bonchev–Trinajstić information content (AvgIpc) is 3.46. The standard InChI is InChI=1S/C19H17ClN6O4/c1-25-9-21-17-15(25)18(27)26(19(28)23-17)7-14-22-16(24-30-14)11-6-13(29-8-11)10-2-4-12(20)5-3-10/h2-5,9,11,13H,6-8H2,1H3,(H,23,28). The van der Waals surface area contributed by atoms with Crippen LogP contribution in [0, 0.1) is 0 Å². The molecular formula is C19H17ClN6O4. The molecule has 1 fully saturated rings. The predicted octanol–water partition coefficient (Wildman–Crippen LogP) is 1.75. The second kappa shape index (κ2) is 7.22. The zero-order valence-electron chi connectivity index (χ0n) is 15.9. The van der Waals surface area contributed by atoms with Crippen molar-refractivity contribution in [1.82, 2.24) is 29.2 Å². The van der Waals surface area contributed by atoms with E-state index in [4.69, 9.17) is 20.9 Å². The maximum atomic E-state index is 12.7. The van der Waals surface area contributed by atoms with Crippen LogP contribution in [0.5, 0.6) is 0 Å². The van der Waals surface area contributed by atoms with Crippen molar-refractivity contribution in [2.24, 2.45) is 7.05 Å². The Morgan fingerprint density at radius 1 is 1.27 bits per heavy atom. The lowest BCUT2D eigenvalue weighted by molar-refractivity contribution is 0.110. The lowest BCUT2D eigenvalue weighted by Crippen LogP contribution is -2.36. The minimum absolute atomic E-state index is 0.0438. The second-order valence-electron chi connectivity index (χ2n) is 7.23. The molecule has 4 aromatic rings. The summed E-state index contributed by atoms with van der Waals surface area (Å²) in [5.41, 5.74) is 0.516. The molecule has 0 radical (unpaired) electrons. The van der Waals surface area contributed by atoms with Crippen molar-refractivity contribution in [1.29, 1.82) is 0 Å². The SMILES string of the molecule is Cn1cnc2[nH]c(=O)n(Cc3nc(C4COC(c5ccc(Cl)cc5)C4)no3)c(=O)c21. The van der Waals surface area contributed by atoms with Gasteiger partial charge in [0.05, 0.1) is 19.0 Å². The van der Waals surface area contributed by atoms with E-state index in [9.17, 15) is 9.59 Å². The first-order chi connectivity index (χ1) is 14.5. The van der Waals surface area contributed by atoms with Crippen LogP contribution < -0.4 is 11.2 Å². The third-order valence-electron chi connectivity index (χ3n) is 5.24. The van der Waals surface area contributed by atoms with Gasteiger partial charge in [0.15, 0.2) is 17.0 Å². The minimum Gasteiger partial charge on any atom is -0.373 e. The summed E-state index contributed by atoms with van der Waals surface area (Å²) < 4.78 is 13.8. The van der Waals surface area contributed by atoms with Crippen LogP contribution in [-0.2, 0) is 18.3 Å². The molecule has 1 aliphatic heterocycles. The van der Waals surface area contributed by atoms with E-state index < -0.39 is 11.2 Å². The van der Waals surface area contributed by atoms with Crippen LogP contribution in [0.15, 0.2) is 44.7 Å². The molecule has 11 heteroatoms. The summed E-state index contributed by atoms with van der Waals surface area (Å²) in [6.07, 6.45) is 2.09. The highest BCUT2D eigenvalue weighted by Crippen LogP contribution is 2.37. The average molecular weight is 429 g/mol. The molecule has 1 N–H and O–H groups in total. The van der Waals surface area contributed by atoms with Crippen LogP contribution in [0.2, 0.25) is 5.02 Å². The summed E-state index contributed by atoms with van der Waals surface area (Å²) in [7, 11) is 1.68. The topological polar surface area (TPSA) is 121 Å². The first-order valence-corrected chi connectivity index (χ1v) is 9.71. The Balaban J connectivity index is 1.36. The number of rotatable bonds is 4. The molecule has 2 atom stereocenters. The number of hydrogen-bond acceptors (Lipinski definition) is 7. The van der Waals surface area contributed by atoms with Crippen LogP contribution in [0.3, 0.4) is 0 Å².